The molecule has 2 aromatic carbocycles. The Morgan fingerprint density at radius 1 is 1.03 bits per heavy atom. The Morgan fingerprint density at radius 2 is 1.75 bits per heavy atom. The van der Waals surface area contributed by atoms with Crippen molar-refractivity contribution < 1.29 is 18.8 Å². The van der Waals surface area contributed by atoms with E-state index in [1.165, 1.54) is 18.2 Å². The third-order valence-electron chi connectivity index (χ3n) is 5.30. The molecule has 4 rings (SSSR count). The van der Waals surface area contributed by atoms with Gasteiger partial charge in [-0.05, 0) is 35.9 Å². The van der Waals surface area contributed by atoms with E-state index < -0.39 is 11.0 Å². The van der Waals surface area contributed by atoms with Gasteiger partial charge in [-0.1, -0.05) is 18.2 Å². The zero-order valence-corrected chi connectivity index (χ0v) is 17.2. The van der Waals surface area contributed by atoms with Gasteiger partial charge < -0.3 is 14.5 Å². The van der Waals surface area contributed by atoms with Gasteiger partial charge in [-0.2, -0.15) is 0 Å². The lowest BCUT2D eigenvalue weighted by molar-refractivity contribution is -0.384. The quantitative estimate of drug-likeness (QED) is 0.439. The first-order chi connectivity index (χ1) is 15.5. The molecule has 164 valence electrons. The molecule has 1 aromatic heterocycles. The fourth-order valence-electron chi connectivity index (χ4n) is 3.50. The molecular weight excluding hydrogens is 415 g/mol. The van der Waals surface area contributed by atoms with Gasteiger partial charge in [0, 0.05) is 55.6 Å². The molecule has 1 aliphatic rings. The van der Waals surface area contributed by atoms with E-state index in [0.29, 0.717) is 42.9 Å². The minimum Gasteiger partial charge on any atom is -0.445 e. The number of carbonyl (C=O) groups is 1. The van der Waals surface area contributed by atoms with Gasteiger partial charge in [-0.25, -0.2) is 14.2 Å². The number of rotatable bonds is 5. The largest absolute Gasteiger partial charge is 0.445 e. The lowest BCUT2D eigenvalue weighted by atomic mass is 10.1. The van der Waals surface area contributed by atoms with Crippen LogP contribution >= 0.6 is 0 Å². The van der Waals surface area contributed by atoms with Crippen molar-refractivity contribution >= 4 is 17.6 Å². The molecule has 0 aliphatic carbocycles. The predicted molar refractivity (Wildman–Crippen MR) is 117 cm³/mol. The third-order valence-corrected chi connectivity index (χ3v) is 5.30. The summed E-state index contributed by atoms with van der Waals surface area (Å²) in [5.41, 5.74) is 1.89. The van der Waals surface area contributed by atoms with Gasteiger partial charge in [-0.15, -0.1) is 0 Å². The molecule has 0 N–H and O–H groups in total. The van der Waals surface area contributed by atoms with Crippen molar-refractivity contribution in [3.05, 3.63) is 88.4 Å². The maximum absolute atomic E-state index is 14.0. The summed E-state index contributed by atoms with van der Waals surface area (Å²) in [5, 5.41) is 10.7. The van der Waals surface area contributed by atoms with Gasteiger partial charge in [0.25, 0.3) is 5.69 Å². The molecule has 32 heavy (non-hydrogen) atoms. The predicted octanol–water partition coefficient (Wildman–Crippen LogP) is 4.25. The molecule has 3 aromatic rings. The molecule has 1 fully saturated rings. The second-order valence-corrected chi connectivity index (χ2v) is 7.34. The maximum Gasteiger partial charge on any atom is 0.410 e. The van der Waals surface area contributed by atoms with Crippen molar-refractivity contribution in [3.8, 4) is 11.1 Å². The number of nitro groups is 1. The number of non-ortho nitro benzene ring substituents is 1. The molecule has 2 heterocycles. The molecule has 1 saturated heterocycles. The smallest absolute Gasteiger partial charge is 0.410 e. The highest BCUT2D eigenvalue weighted by Crippen LogP contribution is 2.24. The number of benzene rings is 2. The van der Waals surface area contributed by atoms with E-state index in [1.54, 1.807) is 41.4 Å². The number of amides is 1. The number of piperazine rings is 1. The van der Waals surface area contributed by atoms with Crippen molar-refractivity contribution in [2.75, 3.05) is 31.1 Å². The van der Waals surface area contributed by atoms with Crippen molar-refractivity contribution in [2.45, 2.75) is 6.61 Å². The molecule has 0 saturated carbocycles. The molecule has 8 nitrogen and oxygen atoms in total. The number of ether oxygens (including phenoxy) is 1. The average molecular weight is 436 g/mol. The summed E-state index contributed by atoms with van der Waals surface area (Å²) in [5.74, 6) is 0.479. The molecule has 1 amide bonds. The monoisotopic (exact) mass is 436 g/mol. The zero-order chi connectivity index (χ0) is 22.5. The Kier molecular flexibility index (Phi) is 6.25. The van der Waals surface area contributed by atoms with E-state index in [-0.39, 0.29) is 18.1 Å². The number of hydrogen-bond donors (Lipinski definition) is 0. The van der Waals surface area contributed by atoms with Crippen LogP contribution < -0.4 is 4.90 Å². The molecule has 0 spiro atoms. The van der Waals surface area contributed by atoms with Crippen LogP contribution in [0, 0.1) is 15.9 Å². The molecule has 0 unspecified atom stereocenters. The summed E-state index contributed by atoms with van der Waals surface area (Å²) in [4.78, 5) is 30.7. The standard InChI is InChI=1S/C23H21FN4O4/c24-21-4-2-1-3-20(21)18-7-10-22(25-15-18)26-11-13-27(14-12-26)23(29)32-16-17-5-8-19(9-6-17)28(30)31/h1-10,15H,11-14,16H2. The molecule has 0 radical (unpaired) electrons. The van der Waals surface area contributed by atoms with E-state index in [4.69, 9.17) is 4.74 Å². The normalized spacial score (nSPS) is 13.7. The van der Waals surface area contributed by atoms with Crippen LogP contribution in [0.25, 0.3) is 11.1 Å². The number of carbonyl (C=O) groups excluding carboxylic acids is 1. The summed E-state index contributed by atoms with van der Waals surface area (Å²) in [6, 6.07) is 16.2. The van der Waals surface area contributed by atoms with Crippen molar-refractivity contribution in [2.24, 2.45) is 0 Å². The Morgan fingerprint density at radius 3 is 2.38 bits per heavy atom. The Labute approximate surface area is 184 Å². The molecule has 0 atom stereocenters. The van der Waals surface area contributed by atoms with Gasteiger partial charge in [0.05, 0.1) is 4.92 Å². The number of hydrogen-bond acceptors (Lipinski definition) is 6. The maximum atomic E-state index is 14.0. The molecule has 0 bridgehead atoms. The number of anilines is 1. The van der Waals surface area contributed by atoms with E-state index in [2.05, 4.69) is 9.88 Å². The highest BCUT2D eigenvalue weighted by atomic mass is 19.1. The van der Waals surface area contributed by atoms with Crippen molar-refractivity contribution in [3.63, 3.8) is 0 Å². The minimum atomic E-state index is -0.475. The number of aromatic nitrogens is 1. The van der Waals surface area contributed by atoms with Crippen molar-refractivity contribution in [1.82, 2.24) is 9.88 Å². The topological polar surface area (TPSA) is 88.8 Å². The number of halogens is 1. The summed E-state index contributed by atoms with van der Waals surface area (Å²) in [6.07, 6.45) is 1.23. The number of nitrogens with zero attached hydrogens (tertiary/aromatic N) is 4. The van der Waals surface area contributed by atoms with Gasteiger partial charge in [0.15, 0.2) is 0 Å². The van der Waals surface area contributed by atoms with Crippen molar-refractivity contribution in [1.29, 1.82) is 0 Å². The minimum absolute atomic E-state index is 0.00764. The number of pyridine rings is 1. The fraction of sp³-hybridized carbons (Fsp3) is 0.217. The molecular formula is C23H21FN4O4. The third kappa shape index (κ3) is 4.83. The lowest BCUT2D eigenvalue weighted by Crippen LogP contribution is -2.49. The zero-order valence-electron chi connectivity index (χ0n) is 17.2. The van der Waals surface area contributed by atoms with Gasteiger partial charge in [-0.3, -0.25) is 10.1 Å². The summed E-state index contributed by atoms with van der Waals surface area (Å²) in [6.45, 7) is 2.21. The van der Waals surface area contributed by atoms with Crippen LogP contribution in [-0.2, 0) is 11.3 Å². The van der Waals surface area contributed by atoms with Gasteiger partial charge in [0.2, 0.25) is 0 Å². The fourth-order valence-corrected chi connectivity index (χ4v) is 3.50. The second-order valence-electron chi connectivity index (χ2n) is 7.34. The van der Waals surface area contributed by atoms with Crippen LogP contribution in [0.15, 0.2) is 66.9 Å². The van der Waals surface area contributed by atoms with Crippen LogP contribution in [0.2, 0.25) is 0 Å². The average Bonchev–Trinajstić information content (AvgIpc) is 2.83. The first-order valence-corrected chi connectivity index (χ1v) is 10.1. The van der Waals surface area contributed by atoms with E-state index in [1.807, 2.05) is 12.1 Å². The van der Waals surface area contributed by atoms with Crippen LogP contribution in [0.5, 0.6) is 0 Å². The van der Waals surface area contributed by atoms with Crippen LogP contribution in [0.4, 0.5) is 20.7 Å². The SMILES string of the molecule is O=C(OCc1ccc([N+](=O)[O-])cc1)N1CCN(c2ccc(-c3ccccc3F)cn2)CC1. The first kappa shape index (κ1) is 21.2. The molecule has 1 aliphatic heterocycles. The summed E-state index contributed by atoms with van der Waals surface area (Å²) < 4.78 is 19.3. The van der Waals surface area contributed by atoms with E-state index >= 15 is 0 Å². The van der Waals surface area contributed by atoms with Crippen LogP contribution in [0.1, 0.15) is 5.56 Å². The highest BCUT2D eigenvalue weighted by Gasteiger charge is 2.23. The number of nitro benzene ring substituents is 1. The Hall–Kier alpha value is -4.01. The highest BCUT2D eigenvalue weighted by molar-refractivity contribution is 5.68. The van der Waals surface area contributed by atoms with Crippen LogP contribution in [-0.4, -0.2) is 47.1 Å². The Bertz CT molecular complexity index is 1100. The second kappa shape index (κ2) is 9.42. The van der Waals surface area contributed by atoms with E-state index in [9.17, 15) is 19.3 Å². The molecule has 9 heteroatoms. The van der Waals surface area contributed by atoms with Crippen LogP contribution in [0.3, 0.4) is 0 Å². The first-order valence-electron chi connectivity index (χ1n) is 10.1. The summed E-state index contributed by atoms with van der Waals surface area (Å²) >= 11 is 0. The van der Waals surface area contributed by atoms with Gasteiger partial charge in [0.1, 0.15) is 18.2 Å². The van der Waals surface area contributed by atoms with Gasteiger partial charge >= 0.3 is 6.09 Å². The summed E-state index contributed by atoms with van der Waals surface area (Å²) in [7, 11) is 0. The Balaban J connectivity index is 1.28. The van der Waals surface area contributed by atoms with E-state index in [0.717, 1.165) is 5.82 Å². The lowest BCUT2D eigenvalue weighted by Gasteiger charge is -2.34.